The first-order valence-corrected chi connectivity index (χ1v) is 7.18. The van der Waals surface area contributed by atoms with Gasteiger partial charge in [-0.3, -0.25) is 4.79 Å². The Labute approximate surface area is 111 Å². The topological polar surface area (TPSA) is 61.8 Å². The maximum absolute atomic E-state index is 12.7. The van der Waals surface area contributed by atoms with Gasteiger partial charge in [-0.05, 0) is 32.6 Å². The summed E-state index contributed by atoms with van der Waals surface area (Å²) in [6, 6.07) is 0. The maximum atomic E-state index is 12.7. The summed E-state index contributed by atoms with van der Waals surface area (Å²) in [4.78, 5) is 25.0. The lowest BCUT2D eigenvalue weighted by molar-refractivity contribution is -0.273. The first kappa shape index (κ1) is 11.9. The van der Waals surface area contributed by atoms with E-state index < -0.39 is 22.8 Å². The SMILES string of the molecule is CCOC(=O)[C@]12C[C@@H]3CCCO[C@@]3(O1)C1(CC1)C2=O. The van der Waals surface area contributed by atoms with Crippen molar-refractivity contribution in [3.8, 4) is 0 Å². The number of fused-ring (bicyclic) bond motifs is 1. The average Bonchev–Trinajstić information content (AvgIpc) is 3.09. The minimum absolute atomic E-state index is 0.0865. The molecule has 3 saturated heterocycles. The lowest BCUT2D eigenvalue weighted by Gasteiger charge is -2.41. The average molecular weight is 266 g/mol. The molecule has 2 spiro atoms. The van der Waals surface area contributed by atoms with Crippen molar-refractivity contribution in [2.45, 2.75) is 50.4 Å². The number of carbonyl (C=O) groups excluding carboxylic acids is 2. The summed E-state index contributed by atoms with van der Waals surface area (Å²) in [6.07, 6.45) is 3.94. The van der Waals surface area contributed by atoms with Crippen molar-refractivity contribution in [2.24, 2.45) is 11.3 Å². The number of ketones is 1. The fourth-order valence-corrected chi connectivity index (χ4v) is 4.33. The first-order valence-electron chi connectivity index (χ1n) is 7.18. The summed E-state index contributed by atoms with van der Waals surface area (Å²) in [6.45, 7) is 2.63. The Balaban J connectivity index is 1.79. The van der Waals surface area contributed by atoms with Gasteiger partial charge in [-0.25, -0.2) is 4.79 Å². The van der Waals surface area contributed by atoms with E-state index in [0.29, 0.717) is 13.0 Å². The highest BCUT2D eigenvalue weighted by atomic mass is 16.7. The molecule has 1 aliphatic carbocycles. The van der Waals surface area contributed by atoms with Gasteiger partial charge in [-0.2, -0.15) is 0 Å². The van der Waals surface area contributed by atoms with Crippen LogP contribution in [0.4, 0.5) is 0 Å². The third kappa shape index (κ3) is 1.11. The van der Waals surface area contributed by atoms with E-state index in [-0.39, 0.29) is 18.3 Å². The highest BCUT2D eigenvalue weighted by Gasteiger charge is 2.86. The molecule has 4 aliphatic rings. The standard InChI is InChI=1S/C14H18O5/c1-2-17-11(16)13-8-9-4-3-7-18-14(9,19-13)12(5-6-12)10(13)15/h9H,2-8H2,1H3/t9-,13+,14-/m0/s1. The molecule has 3 aliphatic heterocycles. The molecule has 2 bridgehead atoms. The number of carbonyl (C=O) groups is 2. The number of rotatable bonds is 2. The maximum Gasteiger partial charge on any atom is 0.346 e. The Morgan fingerprint density at radius 3 is 2.95 bits per heavy atom. The van der Waals surface area contributed by atoms with Crippen molar-refractivity contribution in [1.82, 2.24) is 0 Å². The molecule has 0 radical (unpaired) electrons. The minimum atomic E-state index is -1.37. The van der Waals surface area contributed by atoms with Crippen molar-refractivity contribution >= 4 is 11.8 Å². The van der Waals surface area contributed by atoms with Crippen LogP contribution in [0.3, 0.4) is 0 Å². The lowest BCUT2D eigenvalue weighted by Crippen LogP contribution is -2.54. The van der Waals surface area contributed by atoms with Gasteiger partial charge in [0.25, 0.3) is 0 Å². The molecule has 5 nitrogen and oxygen atoms in total. The Bertz CT molecular complexity index is 468. The molecular formula is C14H18O5. The van der Waals surface area contributed by atoms with Crippen molar-refractivity contribution in [2.75, 3.05) is 13.2 Å². The van der Waals surface area contributed by atoms with Crippen molar-refractivity contribution < 1.29 is 23.8 Å². The summed E-state index contributed by atoms with van der Waals surface area (Å²) < 4.78 is 17.0. The summed E-state index contributed by atoms with van der Waals surface area (Å²) >= 11 is 0. The largest absolute Gasteiger partial charge is 0.464 e. The van der Waals surface area contributed by atoms with Gasteiger partial charge in [0.15, 0.2) is 11.6 Å². The molecule has 3 atom stereocenters. The molecule has 0 aromatic carbocycles. The monoisotopic (exact) mass is 266 g/mol. The number of hydrogen-bond acceptors (Lipinski definition) is 5. The molecule has 0 N–H and O–H groups in total. The minimum Gasteiger partial charge on any atom is -0.464 e. The van der Waals surface area contributed by atoms with Crippen LogP contribution < -0.4 is 0 Å². The van der Waals surface area contributed by atoms with Gasteiger partial charge in [0.05, 0.1) is 18.6 Å². The molecule has 1 saturated carbocycles. The molecule has 4 fully saturated rings. The van der Waals surface area contributed by atoms with E-state index in [0.717, 1.165) is 25.7 Å². The first-order chi connectivity index (χ1) is 9.11. The van der Waals surface area contributed by atoms with Crippen LogP contribution in [0.15, 0.2) is 0 Å². The van der Waals surface area contributed by atoms with Crippen LogP contribution in [-0.4, -0.2) is 36.4 Å². The third-order valence-electron chi connectivity index (χ3n) is 5.23. The van der Waals surface area contributed by atoms with Gasteiger partial charge in [0.1, 0.15) is 0 Å². The third-order valence-corrected chi connectivity index (χ3v) is 5.23. The van der Waals surface area contributed by atoms with Crippen molar-refractivity contribution in [3.05, 3.63) is 0 Å². The van der Waals surface area contributed by atoms with E-state index in [1.54, 1.807) is 6.92 Å². The van der Waals surface area contributed by atoms with Gasteiger partial charge in [0, 0.05) is 12.3 Å². The Hall–Kier alpha value is -0.940. The van der Waals surface area contributed by atoms with E-state index in [9.17, 15) is 9.59 Å². The number of esters is 1. The molecule has 19 heavy (non-hydrogen) atoms. The van der Waals surface area contributed by atoms with Crippen LogP contribution in [0.1, 0.15) is 39.0 Å². The van der Waals surface area contributed by atoms with E-state index in [1.165, 1.54) is 0 Å². The van der Waals surface area contributed by atoms with Crippen LogP contribution in [0.25, 0.3) is 0 Å². The summed E-state index contributed by atoms with van der Waals surface area (Å²) in [7, 11) is 0. The molecular weight excluding hydrogens is 248 g/mol. The van der Waals surface area contributed by atoms with Crippen LogP contribution in [-0.2, 0) is 23.8 Å². The van der Waals surface area contributed by atoms with Crippen LogP contribution in [0.5, 0.6) is 0 Å². The zero-order valence-corrected chi connectivity index (χ0v) is 11.1. The van der Waals surface area contributed by atoms with Crippen molar-refractivity contribution in [3.63, 3.8) is 0 Å². The Morgan fingerprint density at radius 2 is 2.26 bits per heavy atom. The highest BCUT2D eigenvalue weighted by Crippen LogP contribution is 2.73. The molecule has 4 rings (SSSR count). The van der Waals surface area contributed by atoms with Gasteiger partial charge in [-0.1, -0.05) is 0 Å². The van der Waals surface area contributed by atoms with E-state index >= 15 is 0 Å². The second-order valence-corrected chi connectivity index (χ2v) is 6.12. The Morgan fingerprint density at radius 1 is 1.47 bits per heavy atom. The normalized spacial score (nSPS) is 45.3. The molecule has 3 heterocycles. The molecule has 0 aromatic heterocycles. The smallest absolute Gasteiger partial charge is 0.346 e. The zero-order valence-electron chi connectivity index (χ0n) is 11.1. The zero-order chi connectivity index (χ0) is 13.3. The van der Waals surface area contributed by atoms with Gasteiger partial charge < -0.3 is 14.2 Å². The summed E-state index contributed by atoms with van der Waals surface area (Å²) in [5.74, 6) is -1.27. The van der Waals surface area contributed by atoms with Crippen LogP contribution in [0.2, 0.25) is 0 Å². The molecule has 0 unspecified atom stereocenters. The van der Waals surface area contributed by atoms with Crippen LogP contribution in [0, 0.1) is 11.3 Å². The second kappa shape index (κ2) is 3.38. The van der Waals surface area contributed by atoms with Gasteiger partial charge >= 0.3 is 5.97 Å². The van der Waals surface area contributed by atoms with E-state index in [2.05, 4.69) is 0 Å². The fourth-order valence-electron chi connectivity index (χ4n) is 4.33. The molecule has 5 heteroatoms. The van der Waals surface area contributed by atoms with Crippen molar-refractivity contribution in [1.29, 1.82) is 0 Å². The molecule has 0 aromatic rings. The second-order valence-electron chi connectivity index (χ2n) is 6.12. The quantitative estimate of drug-likeness (QED) is 0.555. The summed E-state index contributed by atoms with van der Waals surface area (Å²) in [5.41, 5.74) is -1.93. The summed E-state index contributed by atoms with van der Waals surface area (Å²) in [5, 5.41) is 0. The lowest BCUT2D eigenvalue weighted by atomic mass is 9.67. The molecule has 104 valence electrons. The predicted molar refractivity (Wildman–Crippen MR) is 63.1 cm³/mol. The van der Waals surface area contributed by atoms with E-state index in [4.69, 9.17) is 14.2 Å². The van der Waals surface area contributed by atoms with Gasteiger partial charge in [0.2, 0.25) is 5.60 Å². The predicted octanol–water partition coefficient (Wildman–Crippen LogP) is 1.19. The number of ether oxygens (including phenoxy) is 3. The Kier molecular flexibility index (Phi) is 2.11. The van der Waals surface area contributed by atoms with Gasteiger partial charge in [-0.15, -0.1) is 0 Å². The highest BCUT2D eigenvalue weighted by molar-refractivity contribution is 6.14. The fraction of sp³-hybridized carbons (Fsp3) is 0.857. The number of Topliss-reactive ketones (excluding diaryl/α,β-unsaturated/α-hetero) is 1. The molecule has 0 amide bonds. The van der Waals surface area contributed by atoms with Crippen LogP contribution >= 0.6 is 0 Å². The van der Waals surface area contributed by atoms with E-state index in [1.807, 2.05) is 0 Å². The number of hydrogen-bond donors (Lipinski definition) is 0.